The Morgan fingerprint density at radius 3 is 2.38 bits per heavy atom. The van der Waals surface area contributed by atoms with Gasteiger partial charge in [0.2, 0.25) is 0 Å². The lowest BCUT2D eigenvalue weighted by atomic mass is 9.88. The van der Waals surface area contributed by atoms with E-state index in [9.17, 15) is 4.39 Å². The summed E-state index contributed by atoms with van der Waals surface area (Å²) in [6, 6.07) is 11.7. The van der Waals surface area contributed by atoms with Crippen molar-refractivity contribution in [3.05, 3.63) is 69.5 Å². The van der Waals surface area contributed by atoms with Crippen LogP contribution in [0.25, 0.3) is 0 Å². The van der Waals surface area contributed by atoms with E-state index in [1.54, 1.807) is 12.1 Å². The molecule has 0 aliphatic heterocycles. The minimum atomic E-state index is -0.374. The van der Waals surface area contributed by atoms with Crippen molar-refractivity contribution in [2.24, 2.45) is 0 Å². The SMILES string of the molecule is CNC(c1ccc(F)c(Cl)c1)c1ccc2c(c1)CCCC2. The van der Waals surface area contributed by atoms with Crippen LogP contribution in [0.3, 0.4) is 0 Å². The fraction of sp³-hybridized carbons (Fsp3) is 0.333. The van der Waals surface area contributed by atoms with Gasteiger partial charge in [-0.15, -0.1) is 0 Å². The zero-order valence-electron chi connectivity index (χ0n) is 12.1. The number of benzene rings is 2. The third-order valence-corrected chi connectivity index (χ3v) is 4.56. The van der Waals surface area contributed by atoms with Crippen molar-refractivity contribution in [1.82, 2.24) is 5.32 Å². The maximum Gasteiger partial charge on any atom is 0.141 e. The van der Waals surface area contributed by atoms with E-state index < -0.39 is 0 Å². The summed E-state index contributed by atoms with van der Waals surface area (Å²) in [7, 11) is 1.92. The third kappa shape index (κ3) is 2.97. The van der Waals surface area contributed by atoms with E-state index in [2.05, 4.69) is 23.5 Å². The summed E-state index contributed by atoms with van der Waals surface area (Å²) in [6.45, 7) is 0. The lowest BCUT2D eigenvalue weighted by Crippen LogP contribution is -2.18. The summed E-state index contributed by atoms with van der Waals surface area (Å²) in [4.78, 5) is 0. The second kappa shape index (κ2) is 6.17. The highest BCUT2D eigenvalue weighted by Gasteiger charge is 2.16. The standard InChI is InChI=1S/C18H19ClFN/c1-21-18(15-8-9-17(20)16(19)11-15)14-7-6-12-4-2-3-5-13(12)10-14/h6-11,18,21H,2-5H2,1H3. The van der Waals surface area contributed by atoms with Gasteiger partial charge in [-0.2, -0.15) is 0 Å². The van der Waals surface area contributed by atoms with E-state index in [0.717, 1.165) is 12.0 Å². The molecule has 1 aliphatic carbocycles. The summed E-state index contributed by atoms with van der Waals surface area (Å²) in [5.41, 5.74) is 5.12. The number of nitrogens with one attached hydrogen (secondary N) is 1. The summed E-state index contributed by atoms with van der Waals surface area (Å²) >= 11 is 5.91. The molecule has 0 fully saturated rings. The fourth-order valence-corrected chi connectivity index (χ4v) is 3.34. The zero-order valence-corrected chi connectivity index (χ0v) is 12.9. The van der Waals surface area contributed by atoms with Crippen LogP contribution < -0.4 is 5.32 Å². The van der Waals surface area contributed by atoms with Crippen LogP contribution in [0.5, 0.6) is 0 Å². The number of rotatable bonds is 3. The molecule has 0 heterocycles. The van der Waals surface area contributed by atoms with Crippen molar-refractivity contribution < 1.29 is 4.39 Å². The van der Waals surface area contributed by atoms with Crippen LogP contribution in [0.1, 0.15) is 41.1 Å². The Bertz CT molecular complexity index is 654. The normalized spacial score (nSPS) is 15.6. The summed E-state index contributed by atoms with van der Waals surface area (Å²) < 4.78 is 13.3. The molecule has 2 aromatic carbocycles. The number of fused-ring (bicyclic) bond motifs is 1. The smallest absolute Gasteiger partial charge is 0.141 e. The molecule has 110 valence electrons. The van der Waals surface area contributed by atoms with Gasteiger partial charge in [-0.25, -0.2) is 4.39 Å². The van der Waals surface area contributed by atoms with Crippen LogP contribution in [0.2, 0.25) is 5.02 Å². The molecule has 1 atom stereocenters. The first kappa shape index (κ1) is 14.6. The van der Waals surface area contributed by atoms with Gasteiger partial charge in [0, 0.05) is 0 Å². The molecule has 0 bridgehead atoms. The van der Waals surface area contributed by atoms with Crippen molar-refractivity contribution in [3.8, 4) is 0 Å². The third-order valence-electron chi connectivity index (χ3n) is 4.27. The lowest BCUT2D eigenvalue weighted by Gasteiger charge is -2.22. The van der Waals surface area contributed by atoms with Crippen LogP contribution in [-0.2, 0) is 12.8 Å². The van der Waals surface area contributed by atoms with Gasteiger partial charge in [0.15, 0.2) is 0 Å². The van der Waals surface area contributed by atoms with Gasteiger partial charge in [0.05, 0.1) is 11.1 Å². The summed E-state index contributed by atoms with van der Waals surface area (Å²) in [5.74, 6) is -0.374. The molecule has 1 aliphatic rings. The van der Waals surface area contributed by atoms with Crippen LogP contribution in [-0.4, -0.2) is 7.05 Å². The van der Waals surface area contributed by atoms with E-state index in [1.807, 2.05) is 7.05 Å². The molecule has 0 saturated carbocycles. The Morgan fingerprint density at radius 2 is 1.67 bits per heavy atom. The van der Waals surface area contributed by atoms with E-state index in [-0.39, 0.29) is 16.9 Å². The topological polar surface area (TPSA) is 12.0 Å². The van der Waals surface area contributed by atoms with Crippen molar-refractivity contribution in [2.75, 3.05) is 7.05 Å². The van der Waals surface area contributed by atoms with Crippen LogP contribution >= 0.6 is 11.6 Å². The first-order valence-corrected chi connectivity index (χ1v) is 7.81. The van der Waals surface area contributed by atoms with E-state index >= 15 is 0 Å². The first-order valence-electron chi connectivity index (χ1n) is 7.43. The average Bonchev–Trinajstić information content (AvgIpc) is 2.51. The number of halogens is 2. The maximum absolute atomic E-state index is 13.3. The average molecular weight is 304 g/mol. The zero-order chi connectivity index (χ0) is 14.8. The van der Waals surface area contributed by atoms with Crippen molar-refractivity contribution >= 4 is 11.6 Å². The van der Waals surface area contributed by atoms with Crippen LogP contribution in [0.4, 0.5) is 4.39 Å². The maximum atomic E-state index is 13.3. The molecule has 0 spiro atoms. The fourth-order valence-electron chi connectivity index (χ4n) is 3.15. The molecule has 2 aromatic rings. The van der Waals surface area contributed by atoms with Gasteiger partial charge < -0.3 is 5.32 Å². The number of hydrogen-bond donors (Lipinski definition) is 1. The largest absolute Gasteiger partial charge is 0.309 e. The second-order valence-corrected chi connectivity index (χ2v) is 6.04. The second-order valence-electron chi connectivity index (χ2n) is 5.63. The highest BCUT2D eigenvalue weighted by Crippen LogP contribution is 2.29. The van der Waals surface area contributed by atoms with E-state index in [1.165, 1.54) is 42.0 Å². The minimum absolute atomic E-state index is 0.0373. The Labute approximate surface area is 130 Å². The Morgan fingerprint density at radius 1 is 1.00 bits per heavy atom. The number of hydrogen-bond acceptors (Lipinski definition) is 1. The molecule has 1 N–H and O–H groups in total. The van der Waals surface area contributed by atoms with Crippen LogP contribution in [0, 0.1) is 5.82 Å². The summed E-state index contributed by atoms with van der Waals surface area (Å²) in [6.07, 6.45) is 4.89. The van der Waals surface area contributed by atoms with Crippen molar-refractivity contribution in [3.63, 3.8) is 0 Å². The Kier molecular flexibility index (Phi) is 4.27. The summed E-state index contributed by atoms with van der Waals surface area (Å²) in [5, 5.41) is 3.48. The molecule has 0 amide bonds. The molecular formula is C18H19ClFN. The predicted octanol–water partition coefficient (Wildman–Crippen LogP) is 4.67. The quantitative estimate of drug-likeness (QED) is 0.869. The monoisotopic (exact) mass is 303 g/mol. The number of aryl methyl sites for hydroxylation is 2. The Balaban J connectivity index is 1.97. The molecule has 1 nitrogen and oxygen atoms in total. The van der Waals surface area contributed by atoms with Crippen molar-refractivity contribution in [1.29, 1.82) is 0 Å². The molecular weight excluding hydrogens is 285 g/mol. The van der Waals surface area contributed by atoms with Crippen molar-refractivity contribution in [2.45, 2.75) is 31.7 Å². The minimum Gasteiger partial charge on any atom is -0.309 e. The molecule has 3 heteroatoms. The molecule has 0 saturated heterocycles. The van der Waals surface area contributed by atoms with E-state index in [4.69, 9.17) is 11.6 Å². The lowest BCUT2D eigenvalue weighted by molar-refractivity contribution is 0.623. The van der Waals surface area contributed by atoms with Gasteiger partial charge in [-0.05, 0) is 67.1 Å². The first-order chi connectivity index (χ1) is 10.2. The van der Waals surface area contributed by atoms with E-state index in [0.29, 0.717) is 0 Å². The molecule has 0 radical (unpaired) electrons. The van der Waals surface area contributed by atoms with Gasteiger partial charge in [0.25, 0.3) is 0 Å². The van der Waals surface area contributed by atoms with Gasteiger partial charge in [-0.1, -0.05) is 35.9 Å². The molecule has 3 rings (SSSR count). The van der Waals surface area contributed by atoms with Crippen LogP contribution in [0.15, 0.2) is 36.4 Å². The predicted molar refractivity (Wildman–Crippen MR) is 85.4 cm³/mol. The molecule has 21 heavy (non-hydrogen) atoms. The highest BCUT2D eigenvalue weighted by atomic mass is 35.5. The molecule has 0 aromatic heterocycles. The van der Waals surface area contributed by atoms with Gasteiger partial charge >= 0.3 is 0 Å². The Hall–Kier alpha value is -1.38. The highest BCUT2D eigenvalue weighted by molar-refractivity contribution is 6.30. The van der Waals surface area contributed by atoms with Gasteiger partial charge in [0.1, 0.15) is 5.82 Å². The molecule has 1 unspecified atom stereocenters. The van der Waals surface area contributed by atoms with Gasteiger partial charge in [-0.3, -0.25) is 0 Å².